The van der Waals surface area contributed by atoms with Crippen molar-refractivity contribution in [3.8, 4) is 11.5 Å². The van der Waals surface area contributed by atoms with E-state index in [0.29, 0.717) is 17.2 Å². The maximum atomic E-state index is 12.3. The van der Waals surface area contributed by atoms with Gasteiger partial charge >= 0.3 is 5.97 Å². The van der Waals surface area contributed by atoms with Crippen LogP contribution < -0.4 is 14.8 Å². The number of hydrogen-bond donors (Lipinski definition) is 1. The van der Waals surface area contributed by atoms with Crippen LogP contribution in [-0.2, 0) is 14.3 Å². The largest absolute Gasteiger partial charge is 0.495 e. The lowest BCUT2D eigenvalue weighted by molar-refractivity contribution is -0.153. The van der Waals surface area contributed by atoms with E-state index in [9.17, 15) is 9.59 Å². The van der Waals surface area contributed by atoms with Crippen LogP contribution >= 0.6 is 0 Å². The number of carbonyl (C=O) groups is 2. The molecule has 0 spiro atoms. The van der Waals surface area contributed by atoms with Crippen molar-refractivity contribution in [2.24, 2.45) is 0 Å². The molecule has 0 unspecified atom stereocenters. The van der Waals surface area contributed by atoms with Gasteiger partial charge in [0.1, 0.15) is 11.5 Å². The standard InChI is InChI=1S/C21H25NO5/c1-14-5-8-17(9-6-14)26-12-11-20(23)27-16(3)21(24)22-18-13-15(2)7-10-19(18)25-4/h5-10,13,16H,11-12H2,1-4H3,(H,22,24)/t16-/m1/s1. The molecule has 0 bridgehead atoms. The van der Waals surface area contributed by atoms with Crippen LogP contribution in [0.4, 0.5) is 5.69 Å². The zero-order chi connectivity index (χ0) is 19.8. The van der Waals surface area contributed by atoms with Crippen molar-refractivity contribution in [1.29, 1.82) is 0 Å². The topological polar surface area (TPSA) is 73.9 Å². The average molecular weight is 371 g/mol. The van der Waals surface area contributed by atoms with Gasteiger partial charge in [-0.15, -0.1) is 0 Å². The number of anilines is 1. The van der Waals surface area contributed by atoms with E-state index < -0.39 is 18.0 Å². The minimum absolute atomic E-state index is 0.0548. The Kier molecular flexibility index (Phi) is 7.23. The molecular weight excluding hydrogens is 346 g/mol. The van der Waals surface area contributed by atoms with Crippen molar-refractivity contribution in [3.05, 3.63) is 53.6 Å². The molecular formula is C21H25NO5. The van der Waals surface area contributed by atoms with Crippen LogP contribution in [-0.4, -0.2) is 31.7 Å². The molecule has 6 heteroatoms. The highest BCUT2D eigenvalue weighted by atomic mass is 16.5. The zero-order valence-corrected chi connectivity index (χ0v) is 16.1. The van der Waals surface area contributed by atoms with Crippen LogP contribution in [0.15, 0.2) is 42.5 Å². The smallest absolute Gasteiger partial charge is 0.310 e. The Balaban J connectivity index is 1.80. The van der Waals surface area contributed by atoms with Gasteiger partial charge in [0.05, 0.1) is 25.8 Å². The molecule has 6 nitrogen and oxygen atoms in total. The molecule has 1 amide bonds. The third-order valence-electron chi connectivity index (χ3n) is 3.89. The highest BCUT2D eigenvalue weighted by Crippen LogP contribution is 2.25. The first-order valence-corrected chi connectivity index (χ1v) is 8.73. The van der Waals surface area contributed by atoms with Crippen molar-refractivity contribution < 1.29 is 23.8 Å². The SMILES string of the molecule is COc1ccc(C)cc1NC(=O)[C@@H](C)OC(=O)CCOc1ccc(C)cc1. The number of benzene rings is 2. The lowest BCUT2D eigenvalue weighted by atomic mass is 10.2. The molecule has 0 saturated heterocycles. The fourth-order valence-corrected chi connectivity index (χ4v) is 2.35. The van der Waals surface area contributed by atoms with Crippen molar-refractivity contribution in [1.82, 2.24) is 0 Å². The van der Waals surface area contributed by atoms with Crippen molar-refractivity contribution in [3.63, 3.8) is 0 Å². The van der Waals surface area contributed by atoms with Crippen LogP contribution in [0.5, 0.6) is 11.5 Å². The van der Waals surface area contributed by atoms with E-state index >= 15 is 0 Å². The summed E-state index contributed by atoms with van der Waals surface area (Å²) in [5.41, 5.74) is 2.64. The van der Waals surface area contributed by atoms with E-state index in [4.69, 9.17) is 14.2 Å². The van der Waals surface area contributed by atoms with Crippen LogP contribution in [0.2, 0.25) is 0 Å². The minimum Gasteiger partial charge on any atom is -0.495 e. The van der Waals surface area contributed by atoms with Crippen molar-refractivity contribution >= 4 is 17.6 Å². The number of nitrogens with one attached hydrogen (secondary N) is 1. The van der Waals surface area contributed by atoms with E-state index in [1.165, 1.54) is 14.0 Å². The van der Waals surface area contributed by atoms with Gasteiger partial charge in [0.15, 0.2) is 6.10 Å². The van der Waals surface area contributed by atoms with Crippen molar-refractivity contribution in [2.45, 2.75) is 33.3 Å². The van der Waals surface area contributed by atoms with E-state index in [0.717, 1.165) is 11.1 Å². The molecule has 1 N–H and O–H groups in total. The Morgan fingerprint density at radius 2 is 1.70 bits per heavy atom. The molecule has 0 aromatic heterocycles. The fraction of sp³-hybridized carbons (Fsp3) is 0.333. The number of esters is 1. The van der Waals surface area contributed by atoms with Crippen LogP contribution in [0.25, 0.3) is 0 Å². The molecule has 2 rings (SSSR count). The Morgan fingerprint density at radius 1 is 1.04 bits per heavy atom. The summed E-state index contributed by atoms with van der Waals surface area (Å²) < 4.78 is 15.9. The summed E-state index contributed by atoms with van der Waals surface area (Å²) in [6.45, 7) is 5.60. The Hall–Kier alpha value is -3.02. The van der Waals surface area contributed by atoms with E-state index in [-0.39, 0.29) is 13.0 Å². The van der Waals surface area contributed by atoms with Gasteiger partial charge in [-0.25, -0.2) is 0 Å². The number of aryl methyl sites for hydroxylation is 2. The molecule has 0 saturated carbocycles. The third-order valence-corrected chi connectivity index (χ3v) is 3.89. The summed E-state index contributed by atoms with van der Waals surface area (Å²) in [5, 5.41) is 2.72. The van der Waals surface area contributed by atoms with Crippen molar-refractivity contribution in [2.75, 3.05) is 19.0 Å². The van der Waals surface area contributed by atoms with E-state index in [2.05, 4.69) is 5.32 Å². The quantitative estimate of drug-likeness (QED) is 0.717. The molecule has 0 fully saturated rings. The van der Waals surface area contributed by atoms with Gasteiger partial charge in [0, 0.05) is 0 Å². The van der Waals surface area contributed by atoms with Crippen LogP contribution in [0.1, 0.15) is 24.5 Å². The second kappa shape index (κ2) is 9.62. The van der Waals surface area contributed by atoms with Gasteiger partial charge in [-0.05, 0) is 50.6 Å². The maximum absolute atomic E-state index is 12.3. The normalized spacial score (nSPS) is 11.4. The minimum atomic E-state index is -0.929. The summed E-state index contributed by atoms with van der Waals surface area (Å²) in [7, 11) is 1.53. The Labute approximate surface area is 159 Å². The predicted octanol–water partition coefficient (Wildman–Crippen LogP) is 3.65. The summed E-state index contributed by atoms with van der Waals surface area (Å²) in [4.78, 5) is 24.2. The number of carbonyl (C=O) groups excluding carboxylic acids is 2. The summed E-state index contributed by atoms with van der Waals surface area (Å²) in [5.74, 6) is 0.303. The van der Waals surface area contributed by atoms with Gasteiger partial charge in [-0.3, -0.25) is 9.59 Å². The fourth-order valence-electron chi connectivity index (χ4n) is 2.35. The number of amides is 1. The van der Waals surface area contributed by atoms with E-state index in [1.807, 2.05) is 44.2 Å². The Bertz CT molecular complexity index is 786. The number of ether oxygens (including phenoxy) is 3. The summed E-state index contributed by atoms with van der Waals surface area (Å²) in [6.07, 6.45) is -0.874. The maximum Gasteiger partial charge on any atom is 0.310 e. The van der Waals surface area contributed by atoms with Gasteiger partial charge in [0.2, 0.25) is 0 Å². The van der Waals surface area contributed by atoms with Crippen LogP contribution in [0.3, 0.4) is 0 Å². The Morgan fingerprint density at radius 3 is 2.37 bits per heavy atom. The molecule has 0 heterocycles. The molecule has 27 heavy (non-hydrogen) atoms. The highest BCUT2D eigenvalue weighted by molar-refractivity contribution is 5.96. The van der Waals surface area contributed by atoms with Crippen LogP contribution in [0, 0.1) is 13.8 Å². The summed E-state index contributed by atoms with van der Waals surface area (Å²) >= 11 is 0. The lowest BCUT2D eigenvalue weighted by Crippen LogP contribution is -2.30. The van der Waals surface area contributed by atoms with Gasteiger partial charge in [0.25, 0.3) is 5.91 Å². The predicted molar refractivity (Wildman–Crippen MR) is 103 cm³/mol. The molecule has 0 aliphatic heterocycles. The number of rotatable bonds is 8. The monoisotopic (exact) mass is 371 g/mol. The molecule has 144 valence electrons. The van der Waals surface area contributed by atoms with Gasteiger partial charge in [-0.2, -0.15) is 0 Å². The molecule has 0 radical (unpaired) electrons. The third kappa shape index (κ3) is 6.33. The molecule has 2 aromatic rings. The van der Waals surface area contributed by atoms with E-state index in [1.54, 1.807) is 12.1 Å². The second-order valence-electron chi connectivity index (χ2n) is 6.24. The average Bonchev–Trinajstić information content (AvgIpc) is 2.63. The first kappa shape index (κ1) is 20.3. The number of methoxy groups -OCH3 is 1. The van der Waals surface area contributed by atoms with Gasteiger partial charge < -0.3 is 19.5 Å². The molecule has 0 aliphatic rings. The van der Waals surface area contributed by atoms with Gasteiger partial charge in [-0.1, -0.05) is 23.8 Å². The molecule has 1 atom stereocenters. The second-order valence-corrected chi connectivity index (χ2v) is 6.24. The highest BCUT2D eigenvalue weighted by Gasteiger charge is 2.19. The number of hydrogen-bond acceptors (Lipinski definition) is 5. The first-order valence-electron chi connectivity index (χ1n) is 8.73. The molecule has 0 aliphatic carbocycles. The first-order chi connectivity index (χ1) is 12.9. The lowest BCUT2D eigenvalue weighted by Gasteiger charge is -2.15. The summed E-state index contributed by atoms with van der Waals surface area (Å²) in [6, 6.07) is 13.0. The molecule has 2 aromatic carbocycles. The zero-order valence-electron chi connectivity index (χ0n) is 16.1.